The first kappa shape index (κ1) is 22.3. The molecule has 2 atom stereocenters. The zero-order valence-electron chi connectivity index (χ0n) is 20.4. The molecular weight excluding hydrogens is 448 g/mol. The zero-order chi connectivity index (χ0) is 23.9. The maximum absolute atomic E-state index is 6.00. The summed E-state index contributed by atoms with van der Waals surface area (Å²) in [4.78, 5) is 7.27. The van der Waals surface area contributed by atoms with Crippen LogP contribution in [0.15, 0.2) is 72.9 Å². The molecule has 0 bridgehead atoms. The monoisotopic (exact) mass is 480 g/mol. The van der Waals surface area contributed by atoms with E-state index in [1.807, 2.05) is 12.3 Å². The Labute approximate surface area is 213 Å². The Morgan fingerprint density at radius 1 is 0.914 bits per heavy atom. The first-order valence-electron chi connectivity index (χ1n) is 12.8. The molecule has 2 fully saturated rings. The number of nitrogens with one attached hydrogen (secondary N) is 1. The molecule has 4 aromatic rings. The number of thiocarbonyl (C=S) groups is 1. The third-order valence-corrected chi connectivity index (χ3v) is 8.23. The molecule has 1 saturated heterocycles. The number of aryl methyl sites for hydroxylation is 1. The first-order valence-corrected chi connectivity index (χ1v) is 13.2. The predicted molar refractivity (Wildman–Crippen MR) is 147 cm³/mol. The van der Waals surface area contributed by atoms with E-state index in [1.54, 1.807) is 0 Å². The highest BCUT2D eigenvalue weighted by Crippen LogP contribution is 2.44. The van der Waals surface area contributed by atoms with Gasteiger partial charge in [0, 0.05) is 29.0 Å². The van der Waals surface area contributed by atoms with Gasteiger partial charge in [-0.3, -0.25) is 4.98 Å². The standard InChI is InChI=1S/C30H32N4S/c1-20-19-25(21(2)33(20)27-17-10-12-22-11-6-7-15-24(22)27)29-28(26-16-8-9-18-31-26)32-30(35)34(29)23-13-4-3-5-14-23/h6-12,15-19,23,28-29H,3-5,13-14H2,1-2H3,(H,32,35)/t28-,29+/m0/s1. The fourth-order valence-corrected chi connectivity index (χ4v) is 6.70. The third kappa shape index (κ3) is 3.82. The van der Waals surface area contributed by atoms with Crippen molar-refractivity contribution >= 4 is 28.1 Å². The molecule has 1 saturated carbocycles. The maximum Gasteiger partial charge on any atom is 0.170 e. The normalized spacial score (nSPS) is 21.0. The highest BCUT2D eigenvalue weighted by atomic mass is 32.1. The Kier molecular flexibility index (Phi) is 5.81. The van der Waals surface area contributed by atoms with Crippen molar-refractivity contribution in [3.63, 3.8) is 0 Å². The van der Waals surface area contributed by atoms with Crippen LogP contribution in [0.4, 0.5) is 0 Å². The van der Waals surface area contributed by atoms with E-state index in [4.69, 9.17) is 17.2 Å². The van der Waals surface area contributed by atoms with Crippen molar-refractivity contribution in [2.75, 3.05) is 0 Å². The summed E-state index contributed by atoms with van der Waals surface area (Å²) in [5.41, 5.74) is 6.14. The molecule has 1 aliphatic heterocycles. The summed E-state index contributed by atoms with van der Waals surface area (Å²) in [6, 6.07) is 24.4. The van der Waals surface area contributed by atoms with Gasteiger partial charge in [-0.2, -0.15) is 0 Å². The molecule has 2 aromatic carbocycles. The predicted octanol–water partition coefficient (Wildman–Crippen LogP) is 6.95. The van der Waals surface area contributed by atoms with Gasteiger partial charge in [0.05, 0.1) is 23.5 Å². The lowest BCUT2D eigenvalue weighted by Crippen LogP contribution is -2.40. The van der Waals surface area contributed by atoms with Crippen molar-refractivity contribution < 1.29 is 0 Å². The molecule has 2 aliphatic rings. The van der Waals surface area contributed by atoms with Crippen molar-refractivity contribution in [3.05, 3.63) is 95.6 Å². The summed E-state index contributed by atoms with van der Waals surface area (Å²) in [6.45, 7) is 4.49. The van der Waals surface area contributed by atoms with Gasteiger partial charge in [0.25, 0.3) is 0 Å². The van der Waals surface area contributed by atoms with Gasteiger partial charge in [-0.1, -0.05) is 61.7 Å². The van der Waals surface area contributed by atoms with Gasteiger partial charge < -0.3 is 14.8 Å². The smallest absolute Gasteiger partial charge is 0.170 e. The van der Waals surface area contributed by atoms with Crippen molar-refractivity contribution in [3.8, 4) is 5.69 Å². The molecule has 1 N–H and O–H groups in total. The second-order valence-corrected chi connectivity index (χ2v) is 10.4. The van der Waals surface area contributed by atoms with Crippen LogP contribution >= 0.6 is 12.2 Å². The van der Waals surface area contributed by atoms with Crippen molar-refractivity contribution in [1.29, 1.82) is 0 Å². The van der Waals surface area contributed by atoms with Crippen LogP contribution < -0.4 is 5.32 Å². The lowest BCUT2D eigenvalue weighted by molar-refractivity contribution is 0.197. The third-order valence-electron chi connectivity index (χ3n) is 7.90. The van der Waals surface area contributed by atoms with Gasteiger partial charge in [0.1, 0.15) is 0 Å². The highest BCUT2D eigenvalue weighted by molar-refractivity contribution is 7.80. The van der Waals surface area contributed by atoms with Crippen LogP contribution in [-0.2, 0) is 0 Å². The summed E-state index contributed by atoms with van der Waals surface area (Å²) in [5, 5.41) is 7.08. The van der Waals surface area contributed by atoms with E-state index in [0.717, 1.165) is 10.8 Å². The van der Waals surface area contributed by atoms with Gasteiger partial charge in [0.15, 0.2) is 5.11 Å². The summed E-state index contributed by atoms with van der Waals surface area (Å²) in [5.74, 6) is 0. The van der Waals surface area contributed by atoms with Crippen LogP contribution in [0.5, 0.6) is 0 Å². The Morgan fingerprint density at radius 3 is 2.49 bits per heavy atom. The zero-order valence-corrected chi connectivity index (χ0v) is 21.3. The summed E-state index contributed by atoms with van der Waals surface area (Å²) < 4.78 is 2.42. The van der Waals surface area contributed by atoms with E-state index in [1.165, 1.54) is 65.5 Å². The topological polar surface area (TPSA) is 33.1 Å². The molecular formula is C30H32N4S. The summed E-state index contributed by atoms with van der Waals surface area (Å²) in [7, 11) is 0. The van der Waals surface area contributed by atoms with E-state index in [2.05, 4.69) is 89.3 Å². The molecule has 35 heavy (non-hydrogen) atoms. The lowest BCUT2D eigenvalue weighted by Gasteiger charge is -2.37. The molecule has 178 valence electrons. The maximum atomic E-state index is 6.00. The van der Waals surface area contributed by atoms with Gasteiger partial charge in [-0.15, -0.1) is 0 Å². The number of rotatable bonds is 4. The van der Waals surface area contributed by atoms with Crippen molar-refractivity contribution in [1.82, 2.24) is 19.8 Å². The van der Waals surface area contributed by atoms with Crippen molar-refractivity contribution in [2.45, 2.75) is 64.1 Å². The molecule has 5 heteroatoms. The number of benzene rings is 2. The molecule has 4 nitrogen and oxygen atoms in total. The average Bonchev–Trinajstić information content (AvgIpc) is 3.39. The number of fused-ring (bicyclic) bond motifs is 1. The minimum absolute atomic E-state index is 0.0343. The fraction of sp³-hybridized carbons (Fsp3) is 0.333. The Bertz CT molecular complexity index is 1360. The molecule has 0 radical (unpaired) electrons. The Morgan fingerprint density at radius 2 is 1.69 bits per heavy atom. The van der Waals surface area contributed by atoms with Gasteiger partial charge in [-0.05, 0) is 74.1 Å². The van der Waals surface area contributed by atoms with E-state index in [-0.39, 0.29) is 12.1 Å². The SMILES string of the molecule is Cc1cc([C@@H]2[C@H](c3ccccn3)NC(=S)N2C2CCCCC2)c(C)n1-c1cccc2ccccc12. The van der Waals surface area contributed by atoms with Crippen LogP contribution in [0.3, 0.4) is 0 Å². The quantitative estimate of drug-likeness (QED) is 0.321. The number of pyridine rings is 1. The van der Waals surface area contributed by atoms with Crippen molar-refractivity contribution in [2.24, 2.45) is 0 Å². The second kappa shape index (κ2) is 9.12. The van der Waals surface area contributed by atoms with Gasteiger partial charge in [0.2, 0.25) is 0 Å². The molecule has 0 spiro atoms. The molecule has 1 aliphatic carbocycles. The Hall–Kier alpha value is -3.18. The van der Waals surface area contributed by atoms with Crippen LogP contribution in [0.2, 0.25) is 0 Å². The number of hydrogen-bond acceptors (Lipinski definition) is 2. The highest BCUT2D eigenvalue weighted by Gasteiger charge is 2.44. The number of hydrogen-bond donors (Lipinski definition) is 1. The van der Waals surface area contributed by atoms with Gasteiger partial charge in [-0.25, -0.2) is 0 Å². The van der Waals surface area contributed by atoms with E-state index in [9.17, 15) is 0 Å². The molecule has 2 aromatic heterocycles. The minimum atomic E-state index is 0.0343. The molecule has 0 unspecified atom stereocenters. The largest absolute Gasteiger partial charge is 0.352 e. The molecule has 3 heterocycles. The van der Waals surface area contributed by atoms with Crippen LogP contribution in [0, 0.1) is 13.8 Å². The van der Waals surface area contributed by atoms with E-state index >= 15 is 0 Å². The summed E-state index contributed by atoms with van der Waals surface area (Å²) in [6.07, 6.45) is 8.18. The minimum Gasteiger partial charge on any atom is -0.352 e. The lowest BCUT2D eigenvalue weighted by atomic mass is 9.90. The first-order chi connectivity index (χ1) is 17.1. The van der Waals surface area contributed by atoms with E-state index < -0.39 is 0 Å². The van der Waals surface area contributed by atoms with E-state index in [0.29, 0.717) is 6.04 Å². The van der Waals surface area contributed by atoms with Crippen LogP contribution in [0.25, 0.3) is 16.5 Å². The average molecular weight is 481 g/mol. The Balaban J connectivity index is 1.51. The van der Waals surface area contributed by atoms with Gasteiger partial charge >= 0.3 is 0 Å². The van der Waals surface area contributed by atoms with Crippen LogP contribution in [0.1, 0.15) is 66.8 Å². The number of aromatic nitrogens is 2. The number of nitrogens with zero attached hydrogens (tertiary/aromatic N) is 3. The molecule has 6 rings (SSSR count). The fourth-order valence-electron chi connectivity index (χ4n) is 6.31. The second-order valence-electron chi connectivity index (χ2n) is 9.99. The van der Waals surface area contributed by atoms with Crippen LogP contribution in [-0.4, -0.2) is 25.6 Å². The summed E-state index contributed by atoms with van der Waals surface area (Å²) >= 11 is 6.00. The molecule has 0 amide bonds.